The third-order valence-electron chi connectivity index (χ3n) is 4.63. The Morgan fingerprint density at radius 2 is 1.68 bits per heavy atom. The highest BCUT2D eigenvalue weighted by atomic mass is 19.1. The molecule has 0 saturated heterocycles. The molecule has 2 aromatic carbocycles. The Bertz CT molecular complexity index is 763. The van der Waals surface area contributed by atoms with E-state index in [4.69, 9.17) is 0 Å². The average Bonchev–Trinajstić information content (AvgIpc) is 2.70. The molecular formula is C22H28FN3O2. The quantitative estimate of drug-likeness (QED) is 0.661. The second-order valence-corrected chi connectivity index (χ2v) is 6.54. The van der Waals surface area contributed by atoms with Crippen LogP contribution >= 0.6 is 0 Å². The van der Waals surface area contributed by atoms with Gasteiger partial charge < -0.3 is 10.6 Å². The minimum atomic E-state index is -0.383. The number of benzene rings is 2. The molecule has 2 amide bonds. The number of amides is 2. The standard InChI is InChI=1S/C22H28FN3O2/c1-3-26(4-2)20(18-10-6-5-7-11-18)15-24-22(28)16-25-21(27)14-17-9-8-12-19(23)13-17/h5-13,20H,3-4,14-16H2,1-2H3,(H,24,28)(H,25,27). The first kappa shape index (κ1) is 21.6. The first-order valence-electron chi connectivity index (χ1n) is 9.60. The Morgan fingerprint density at radius 3 is 2.32 bits per heavy atom. The van der Waals surface area contributed by atoms with E-state index in [1.165, 1.54) is 12.1 Å². The van der Waals surface area contributed by atoms with E-state index < -0.39 is 0 Å². The molecule has 0 aromatic heterocycles. The summed E-state index contributed by atoms with van der Waals surface area (Å²) in [5, 5.41) is 5.49. The van der Waals surface area contributed by atoms with Crippen LogP contribution in [0, 0.1) is 5.82 Å². The van der Waals surface area contributed by atoms with Crippen LogP contribution in [0.4, 0.5) is 4.39 Å². The second-order valence-electron chi connectivity index (χ2n) is 6.54. The second kappa shape index (κ2) is 11.2. The van der Waals surface area contributed by atoms with Gasteiger partial charge in [0.25, 0.3) is 0 Å². The highest BCUT2D eigenvalue weighted by Crippen LogP contribution is 2.19. The number of halogens is 1. The van der Waals surface area contributed by atoms with Crippen molar-refractivity contribution in [2.24, 2.45) is 0 Å². The summed E-state index contributed by atoms with van der Waals surface area (Å²) in [5.74, 6) is -0.948. The molecule has 6 heteroatoms. The number of carbonyl (C=O) groups excluding carboxylic acids is 2. The third-order valence-corrected chi connectivity index (χ3v) is 4.63. The normalized spacial score (nSPS) is 11.9. The van der Waals surface area contributed by atoms with Gasteiger partial charge in [0.1, 0.15) is 5.82 Å². The Labute approximate surface area is 165 Å². The molecule has 150 valence electrons. The number of hydrogen-bond acceptors (Lipinski definition) is 3. The van der Waals surface area contributed by atoms with Crippen LogP contribution in [0.5, 0.6) is 0 Å². The molecule has 2 N–H and O–H groups in total. The lowest BCUT2D eigenvalue weighted by Crippen LogP contribution is -2.42. The van der Waals surface area contributed by atoms with Crippen molar-refractivity contribution >= 4 is 11.8 Å². The summed E-state index contributed by atoms with van der Waals surface area (Å²) in [5.41, 5.74) is 1.71. The van der Waals surface area contributed by atoms with E-state index in [0.717, 1.165) is 18.7 Å². The van der Waals surface area contributed by atoms with Crippen molar-refractivity contribution in [2.75, 3.05) is 26.2 Å². The van der Waals surface area contributed by atoms with Crippen molar-refractivity contribution in [3.05, 3.63) is 71.5 Å². The number of nitrogens with one attached hydrogen (secondary N) is 2. The fourth-order valence-corrected chi connectivity index (χ4v) is 3.14. The lowest BCUT2D eigenvalue weighted by Gasteiger charge is -2.30. The molecule has 0 aliphatic carbocycles. The fraction of sp³-hybridized carbons (Fsp3) is 0.364. The van der Waals surface area contributed by atoms with Gasteiger partial charge in [-0.25, -0.2) is 4.39 Å². The molecule has 0 heterocycles. The van der Waals surface area contributed by atoms with Crippen LogP contribution in [0.2, 0.25) is 0 Å². The van der Waals surface area contributed by atoms with Crippen LogP contribution in [-0.4, -0.2) is 42.9 Å². The van der Waals surface area contributed by atoms with Crippen molar-refractivity contribution in [1.29, 1.82) is 0 Å². The third kappa shape index (κ3) is 6.78. The van der Waals surface area contributed by atoms with Gasteiger partial charge in [-0.1, -0.05) is 56.3 Å². The molecule has 0 fully saturated rings. The summed E-state index contributed by atoms with van der Waals surface area (Å²) in [4.78, 5) is 26.4. The van der Waals surface area contributed by atoms with Crippen LogP contribution in [0.3, 0.4) is 0 Å². The van der Waals surface area contributed by atoms with Crippen LogP contribution < -0.4 is 10.6 Å². The molecule has 2 rings (SSSR count). The van der Waals surface area contributed by atoms with E-state index in [0.29, 0.717) is 12.1 Å². The smallest absolute Gasteiger partial charge is 0.239 e. The van der Waals surface area contributed by atoms with Crippen molar-refractivity contribution < 1.29 is 14.0 Å². The predicted octanol–water partition coefficient (Wildman–Crippen LogP) is 2.68. The first-order valence-corrected chi connectivity index (χ1v) is 9.60. The maximum atomic E-state index is 13.2. The Hall–Kier alpha value is -2.73. The zero-order valence-electron chi connectivity index (χ0n) is 16.5. The molecule has 1 unspecified atom stereocenters. The van der Waals surface area contributed by atoms with E-state index in [-0.39, 0.29) is 36.6 Å². The molecule has 0 aliphatic rings. The van der Waals surface area contributed by atoms with Gasteiger partial charge in [-0.05, 0) is 36.3 Å². The zero-order valence-corrected chi connectivity index (χ0v) is 16.5. The van der Waals surface area contributed by atoms with Crippen LogP contribution in [-0.2, 0) is 16.0 Å². The van der Waals surface area contributed by atoms with Gasteiger partial charge in [-0.2, -0.15) is 0 Å². The largest absolute Gasteiger partial charge is 0.353 e. The summed E-state index contributed by atoms with van der Waals surface area (Å²) in [7, 11) is 0. The molecule has 5 nitrogen and oxygen atoms in total. The van der Waals surface area contributed by atoms with Crippen molar-refractivity contribution in [1.82, 2.24) is 15.5 Å². The molecule has 0 radical (unpaired) electrons. The van der Waals surface area contributed by atoms with Crippen LogP contribution in [0.15, 0.2) is 54.6 Å². The van der Waals surface area contributed by atoms with E-state index >= 15 is 0 Å². The summed E-state index contributed by atoms with van der Waals surface area (Å²) >= 11 is 0. The molecule has 0 bridgehead atoms. The Kier molecular flexibility index (Phi) is 8.62. The lowest BCUT2D eigenvalue weighted by molar-refractivity contribution is -0.125. The van der Waals surface area contributed by atoms with E-state index in [9.17, 15) is 14.0 Å². The van der Waals surface area contributed by atoms with Crippen molar-refractivity contribution in [3.63, 3.8) is 0 Å². The number of likely N-dealkylation sites (N-methyl/N-ethyl adjacent to an activating group) is 1. The molecule has 2 aromatic rings. The maximum Gasteiger partial charge on any atom is 0.239 e. The number of nitrogens with zero attached hydrogens (tertiary/aromatic N) is 1. The zero-order chi connectivity index (χ0) is 20.4. The lowest BCUT2D eigenvalue weighted by atomic mass is 10.1. The van der Waals surface area contributed by atoms with Crippen LogP contribution in [0.25, 0.3) is 0 Å². The maximum absolute atomic E-state index is 13.2. The van der Waals surface area contributed by atoms with Gasteiger partial charge in [-0.15, -0.1) is 0 Å². The summed E-state index contributed by atoms with van der Waals surface area (Å²) < 4.78 is 13.2. The van der Waals surface area contributed by atoms with Gasteiger partial charge >= 0.3 is 0 Å². The molecule has 28 heavy (non-hydrogen) atoms. The monoisotopic (exact) mass is 385 g/mol. The minimum absolute atomic E-state index is 0.0388. The fourth-order valence-electron chi connectivity index (χ4n) is 3.14. The van der Waals surface area contributed by atoms with Gasteiger partial charge in [0.15, 0.2) is 0 Å². The van der Waals surface area contributed by atoms with Crippen molar-refractivity contribution in [3.8, 4) is 0 Å². The van der Waals surface area contributed by atoms with Gasteiger partial charge in [0.05, 0.1) is 19.0 Å². The molecular weight excluding hydrogens is 357 g/mol. The van der Waals surface area contributed by atoms with Crippen molar-refractivity contribution in [2.45, 2.75) is 26.3 Å². The number of carbonyl (C=O) groups is 2. The SMILES string of the molecule is CCN(CC)C(CNC(=O)CNC(=O)Cc1cccc(F)c1)c1ccccc1. The summed E-state index contributed by atoms with van der Waals surface area (Å²) in [6.07, 6.45) is 0.0388. The van der Waals surface area contributed by atoms with Gasteiger partial charge in [0, 0.05) is 6.54 Å². The highest BCUT2D eigenvalue weighted by Gasteiger charge is 2.18. The Morgan fingerprint density at radius 1 is 0.964 bits per heavy atom. The predicted molar refractivity (Wildman–Crippen MR) is 108 cm³/mol. The number of rotatable bonds is 10. The summed E-state index contributed by atoms with van der Waals surface area (Å²) in [6, 6.07) is 16.0. The minimum Gasteiger partial charge on any atom is -0.353 e. The first-order chi connectivity index (χ1) is 13.5. The molecule has 0 aliphatic heterocycles. The highest BCUT2D eigenvalue weighted by molar-refractivity contribution is 5.85. The molecule has 0 spiro atoms. The van der Waals surface area contributed by atoms with Crippen LogP contribution in [0.1, 0.15) is 31.0 Å². The Balaban J connectivity index is 1.84. The topological polar surface area (TPSA) is 61.4 Å². The van der Waals surface area contributed by atoms with E-state index in [1.54, 1.807) is 12.1 Å². The summed E-state index contributed by atoms with van der Waals surface area (Å²) in [6.45, 7) is 6.28. The molecule has 1 atom stereocenters. The van der Waals surface area contributed by atoms with E-state index in [1.807, 2.05) is 18.2 Å². The van der Waals surface area contributed by atoms with E-state index in [2.05, 4.69) is 41.5 Å². The number of hydrogen-bond donors (Lipinski definition) is 2. The van der Waals surface area contributed by atoms with Gasteiger partial charge in [0.2, 0.25) is 11.8 Å². The average molecular weight is 385 g/mol. The van der Waals surface area contributed by atoms with Gasteiger partial charge in [-0.3, -0.25) is 14.5 Å². The molecule has 0 saturated carbocycles.